The molecule has 2 heterocycles. The Labute approximate surface area is 179 Å². The molecule has 7 nitrogen and oxygen atoms in total. The SMILES string of the molecule is O=C1CSc2ccc(C(=O)N3CCN(S(=O)(=O)C=Cc4ccccc4)CC3)cc2N1. The number of hydrogen-bond donors (Lipinski definition) is 1. The largest absolute Gasteiger partial charge is 0.336 e. The average Bonchev–Trinajstić information content (AvgIpc) is 2.77. The second-order valence-corrected chi connectivity index (χ2v) is 9.83. The Morgan fingerprint density at radius 1 is 1.03 bits per heavy atom. The van der Waals surface area contributed by atoms with E-state index in [9.17, 15) is 18.0 Å². The summed E-state index contributed by atoms with van der Waals surface area (Å²) in [5, 5.41) is 4.00. The van der Waals surface area contributed by atoms with Crippen LogP contribution in [0, 0.1) is 0 Å². The molecule has 0 radical (unpaired) electrons. The smallest absolute Gasteiger partial charge is 0.254 e. The molecular formula is C21H21N3O4S2. The maximum atomic E-state index is 12.9. The van der Waals surface area contributed by atoms with Crippen molar-refractivity contribution < 1.29 is 18.0 Å². The van der Waals surface area contributed by atoms with Crippen molar-refractivity contribution in [2.24, 2.45) is 0 Å². The zero-order valence-electron chi connectivity index (χ0n) is 16.2. The van der Waals surface area contributed by atoms with Crippen molar-refractivity contribution in [2.75, 3.05) is 37.2 Å². The summed E-state index contributed by atoms with van der Waals surface area (Å²) >= 11 is 1.44. The minimum atomic E-state index is -3.55. The third-order valence-corrected chi connectivity index (χ3v) is 7.62. The first-order valence-electron chi connectivity index (χ1n) is 9.52. The van der Waals surface area contributed by atoms with Gasteiger partial charge in [-0.3, -0.25) is 9.59 Å². The van der Waals surface area contributed by atoms with E-state index in [0.717, 1.165) is 10.5 Å². The fraction of sp³-hybridized carbons (Fsp3) is 0.238. The molecule has 0 aliphatic carbocycles. The van der Waals surface area contributed by atoms with Gasteiger partial charge in [0.05, 0.1) is 11.4 Å². The van der Waals surface area contributed by atoms with Crippen LogP contribution in [-0.2, 0) is 14.8 Å². The molecule has 9 heteroatoms. The third-order valence-electron chi connectivity index (χ3n) is 4.98. The van der Waals surface area contributed by atoms with Crippen molar-refractivity contribution in [1.82, 2.24) is 9.21 Å². The summed E-state index contributed by atoms with van der Waals surface area (Å²) < 4.78 is 26.6. The first kappa shape index (κ1) is 20.6. The topological polar surface area (TPSA) is 86.8 Å². The molecule has 0 unspecified atom stereocenters. The lowest BCUT2D eigenvalue weighted by atomic mass is 10.1. The van der Waals surface area contributed by atoms with Crippen molar-refractivity contribution in [3.63, 3.8) is 0 Å². The molecular weight excluding hydrogens is 422 g/mol. The van der Waals surface area contributed by atoms with Gasteiger partial charge >= 0.3 is 0 Å². The predicted molar refractivity (Wildman–Crippen MR) is 118 cm³/mol. The molecule has 4 rings (SSSR count). The average molecular weight is 444 g/mol. The second kappa shape index (κ2) is 8.63. The van der Waals surface area contributed by atoms with Gasteiger partial charge in [0.15, 0.2) is 0 Å². The summed E-state index contributed by atoms with van der Waals surface area (Å²) in [6.45, 7) is 1.11. The van der Waals surface area contributed by atoms with Crippen molar-refractivity contribution in [3.8, 4) is 0 Å². The zero-order chi connectivity index (χ0) is 21.1. The van der Waals surface area contributed by atoms with Crippen LogP contribution < -0.4 is 5.32 Å². The molecule has 0 atom stereocenters. The van der Waals surface area contributed by atoms with E-state index >= 15 is 0 Å². The van der Waals surface area contributed by atoms with Gasteiger partial charge in [-0.1, -0.05) is 30.3 Å². The third kappa shape index (κ3) is 4.58. The molecule has 0 bridgehead atoms. The van der Waals surface area contributed by atoms with Gasteiger partial charge in [0.25, 0.3) is 5.91 Å². The lowest BCUT2D eigenvalue weighted by Gasteiger charge is -2.33. The zero-order valence-corrected chi connectivity index (χ0v) is 17.8. The molecule has 0 saturated carbocycles. The Kier molecular flexibility index (Phi) is 5.94. The molecule has 0 spiro atoms. The van der Waals surface area contributed by atoms with Crippen molar-refractivity contribution in [1.29, 1.82) is 0 Å². The maximum Gasteiger partial charge on any atom is 0.254 e. The van der Waals surface area contributed by atoms with Gasteiger partial charge < -0.3 is 10.2 Å². The maximum absolute atomic E-state index is 12.9. The van der Waals surface area contributed by atoms with Crippen molar-refractivity contribution >= 4 is 45.4 Å². The summed E-state index contributed by atoms with van der Waals surface area (Å²) in [6, 6.07) is 14.5. The molecule has 30 heavy (non-hydrogen) atoms. The van der Waals surface area contributed by atoms with Crippen LogP contribution in [0.4, 0.5) is 5.69 Å². The van der Waals surface area contributed by atoms with Gasteiger partial charge in [-0.15, -0.1) is 11.8 Å². The highest BCUT2D eigenvalue weighted by Gasteiger charge is 2.28. The van der Waals surface area contributed by atoms with E-state index in [2.05, 4.69) is 5.32 Å². The molecule has 2 aromatic carbocycles. The summed E-state index contributed by atoms with van der Waals surface area (Å²) in [5.74, 6) is 0.120. The quantitative estimate of drug-likeness (QED) is 0.785. The van der Waals surface area contributed by atoms with Crippen LogP contribution in [0.2, 0.25) is 0 Å². The Morgan fingerprint density at radius 3 is 2.50 bits per heavy atom. The summed E-state index contributed by atoms with van der Waals surface area (Å²) in [6.07, 6.45) is 1.58. The van der Waals surface area contributed by atoms with Crippen LogP contribution in [0.15, 0.2) is 58.8 Å². The molecule has 0 aromatic heterocycles. The Balaban J connectivity index is 1.39. The number of nitrogens with one attached hydrogen (secondary N) is 1. The van der Waals surface area contributed by atoms with Gasteiger partial charge in [0.1, 0.15) is 0 Å². The molecule has 2 aliphatic rings. The van der Waals surface area contributed by atoms with Crippen LogP contribution in [0.3, 0.4) is 0 Å². The number of nitrogens with zero attached hydrogens (tertiary/aromatic N) is 2. The van der Waals surface area contributed by atoms with E-state index < -0.39 is 10.0 Å². The van der Waals surface area contributed by atoms with Crippen LogP contribution >= 0.6 is 11.8 Å². The number of piperazine rings is 1. The minimum Gasteiger partial charge on any atom is -0.336 e. The molecule has 1 N–H and O–H groups in total. The molecule has 2 aromatic rings. The Hall–Kier alpha value is -2.62. The van der Waals surface area contributed by atoms with Gasteiger partial charge in [-0.25, -0.2) is 8.42 Å². The van der Waals surface area contributed by atoms with Crippen molar-refractivity contribution in [3.05, 3.63) is 65.1 Å². The van der Waals surface area contributed by atoms with Crippen LogP contribution in [0.25, 0.3) is 6.08 Å². The number of benzene rings is 2. The number of rotatable bonds is 4. The highest BCUT2D eigenvalue weighted by Crippen LogP contribution is 2.32. The van der Waals surface area contributed by atoms with E-state index in [1.54, 1.807) is 23.1 Å². The number of thioether (sulfide) groups is 1. The summed E-state index contributed by atoms with van der Waals surface area (Å²) in [5.41, 5.74) is 1.94. The fourth-order valence-electron chi connectivity index (χ4n) is 3.36. The van der Waals surface area contributed by atoms with Gasteiger partial charge in [-0.05, 0) is 29.8 Å². The van der Waals surface area contributed by atoms with Gasteiger partial charge in [0, 0.05) is 42.0 Å². The van der Waals surface area contributed by atoms with E-state index in [-0.39, 0.29) is 24.9 Å². The Morgan fingerprint density at radius 2 is 1.77 bits per heavy atom. The fourth-order valence-corrected chi connectivity index (χ4v) is 5.32. The summed E-state index contributed by atoms with van der Waals surface area (Å²) in [4.78, 5) is 27.0. The Bertz CT molecular complexity index is 1090. The van der Waals surface area contributed by atoms with Crippen LogP contribution in [-0.4, -0.2) is 61.4 Å². The molecule has 1 fully saturated rings. The van der Waals surface area contributed by atoms with Gasteiger partial charge in [0.2, 0.25) is 15.9 Å². The van der Waals surface area contributed by atoms with E-state index in [1.165, 1.54) is 21.5 Å². The lowest BCUT2D eigenvalue weighted by molar-refractivity contribution is -0.113. The number of amides is 2. The predicted octanol–water partition coefficient (Wildman–Crippen LogP) is 2.49. The molecule has 2 amide bonds. The van der Waals surface area contributed by atoms with Crippen LogP contribution in [0.1, 0.15) is 15.9 Å². The van der Waals surface area contributed by atoms with Crippen molar-refractivity contribution in [2.45, 2.75) is 4.90 Å². The number of carbonyl (C=O) groups is 2. The van der Waals surface area contributed by atoms with E-state index in [1.807, 2.05) is 36.4 Å². The van der Waals surface area contributed by atoms with Crippen LogP contribution in [0.5, 0.6) is 0 Å². The molecule has 156 valence electrons. The minimum absolute atomic E-state index is 0.0838. The summed E-state index contributed by atoms with van der Waals surface area (Å²) in [7, 11) is -3.55. The first-order valence-corrected chi connectivity index (χ1v) is 12.0. The lowest BCUT2D eigenvalue weighted by Crippen LogP contribution is -2.50. The molecule has 1 saturated heterocycles. The highest BCUT2D eigenvalue weighted by molar-refractivity contribution is 8.00. The number of fused-ring (bicyclic) bond motifs is 1. The normalized spacial score (nSPS) is 17.6. The number of hydrogen-bond acceptors (Lipinski definition) is 5. The molecule has 2 aliphatic heterocycles. The van der Waals surface area contributed by atoms with E-state index in [0.29, 0.717) is 30.1 Å². The highest BCUT2D eigenvalue weighted by atomic mass is 32.2. The number of carbonyl (C=O) groups excluding carboxylic acids is 2. The second-order valence-electron chi connectivity index (χ2n) is 7.00. The number of anilines is 1. The van der Waals surface area contributed by atoms with E-state index in [4.69, 9.17) is 0 Å². The monoisotopic (exact) mass is 443 g/mol. The first-order chi connectivity index (χ1) is 14.4. The van der Waals surface area contributed by atoms with Gasteiger partial charge in [-0.2, -0.15) is 4.31 Å². The number of sulfonamides is 1. The standard InChI is InChI=1S/C21H21N3O4S2/c25-20-15-29-19-7-6-17(14-18(19)22-20)21(26)23-9-11-24(12-10-23)30(27,28)13-8-16-4-2-1-3-5-16/h1-8,13-14H,9-12,15H2,(H,22,25).